The molecule has 0 saturated heterocycles. The average Bonchev–Trinajstić information content (AvgIpc) is 2.79. The third-order valence-electron chi connectivity index (χ3n) is 4.94. The van der Waals surface area contributed by atoms with Crippen LogP contribution >= 0.6 is 11.3 Å². The first kappa shape index (κ1) is 20.6. The van der Waals surface area contributed by atoms with E-state index in [0.29, 0.717) is 38.9 Å². The molecule has 0 amide bonds. The van der Waals surface area contributed by atoms with E-state index < -0.39 is 5.56 Å². The molecule has 7 nitrogen and oxygen atoms in total. The average molecular weight is 436 g/mol. The monoisotopic (exact) mass is 436 g/mol. The van der Waals surface area contributed by atoms with Crippen LogP contribution in [0.4, 0.5) is 0 Å². The Morgan fingerprint density at radius 3 is 2.35 bits per heavy atom. The molecule has 0 spiro atoms. The summed E-state index contributed by atoms with van der Waals surface area (Å²) in [6.45, 7) is 3.93. The van der Waals surface area contributed by atoms with Gasteiger partial charge in [-0.25, -0.2) is 4.98 Å². The Hall–Kier alpha value is -3.65. The molecule has 0 N–H and O–H groups in total. The summed E-state index contributed by atoms with van der Waals surface area (Å²) in [6.07, 6.45) is 1.59. The summed E-state index contributed by atoms with van der Waals surface area (Å²) in [4.78, 5) is 31.6. The number of fused-ring (bicyclic) bond motifs is 2. The molecule has 4 rings (SSSR count). The molecule has 0 aliphatic carbocycles. The molecule has 8 heteroatoms. The number of allylic oxidation sites excluding steroid dienone is 1. The first-order chi connectivity index (χ1) is 15.0. The van der Waals surface area contributed by atoms with Gasteiger partial charge in [-0.1, -0.05) is 18.2 Å². The third-order valence-corrected chi connectivity index (χ3v) is 6.00. The molecule has 2 aromatic heterocycles. The minimum Gasteiger partial charge on any atom is -0.493 e. The van der Waals surface area contributed by atoms with Crippen molar-refractivity contribution in [3.63, 3.8) is 0 Å². The van der Waals surface area contributed by atoms with Crippen LogP contribution in [-0.2, 0) is 6.54 Å². The summed E-state index contributed by atoms with van der Waals surface area (Å²) in [5.74, 6) is 1.68. The molecule has 4 aromatic rings. The fourth-order valence-corrected chi connectivity index (χ4v) is 4.55. The van der Waals surface area contributed by atoms with Gasteiger partial charge < -0.3 is 14.2 Å². The second-order valence-electron chi connectivity index (χ2n) is 6.66. The van der Waals surface area contributed by atoms with Crippen LogP contribution in [0, 0.1) is 0 Å². The smallest absolute Gasteiger partial charge is 0.266 e. The van der Waals surface area contributed by atoms with Gasteiger partial charge in [0.2, 0.25) is 11.2 Å². The SMILES string of the molecule is C=CCn1c(-c2cc(OC)c(OC)c(OC)c2)nc2sc3ccccc3c(=O)c2c1=O. The van der Waals surface area contributed by atoms with E-state index in [2.05, 4.69) is 6.58 Å². The lowest BCUT2D eigenvalue weighted by atomic mass is 10.1. The van der Waals surface area contributed by atoms with Crippen LogP contribution in [0.1, 0.15) is 0 Å². The first-order valence-corrected chi connectivity index (χ1v) is 10.2. The van der Waals surface area contributed by atoms with E-state index in [9.17, 15) is 9.59 Å². The Morgan fingerprint density at radius 1 is 1.06 bits per heavy atom. The lowest BCUT2D eigenvalue weighted by molar-refractivity contribution is 0.324. The molecule has 0 radical (unpaired) electrons. The quantitative estimate of drug-likeness (QED) is 0.337. The van der Waals surface area contributed by atoms with Crippen LogP contribution in [0.5, 0.6) is 17.2 Å². The van der Waals surface area contributed by atoms with Crippen LogP contribution < -0.4 is 25.2 Å². The van der Waals surface area contributed by atoms with Gasteiger partial charge in [0.25, 0.3) is 5.56 Å². The van der Waals surface area contributed by atoms with Crippen molar-refractivity contribution < 1.29 is 14.2 Å². The largest absolute Gasteiger partial charge is 0.493 e. The van der Waals surface area contributed by atoms with Gasteiger partial charge >= 0.3 is 0 Å². The van der Waals surface area contributed by atoms with E-state index in [1.807, 2.05) is 12.1 Å². The molecular formula is C23H20N2O5S. The van der Waals surface area contributed by atoms with Crippen molar-refractivity contribution in [2.75, 3.05) is 21.3 Å². The number of ether oxygens (including phenoxy) is 3. The van der Waals surface area contributed by atoms with Gasteiger partial charge in [0.05, 0.1) is 21.3 Å². The number of hydrogen-bond donors (Lipinski definition) is 0. The second-order valence-corrected chi connectivity index (χ2v) is 7.69. The molecule has 31 heavy (non-hydrogen) atoms. The molecule has 0 saturated carbocycles. The third kappa shape index (κ3) is 3.34. The summed E-state index contributed by atoms with van der Waals surface area (Å²) in [5, 5.41) is 0.575. The van der Waals surface area contributed by atoms with Crippen LogP contribution in [0.2, 0.25) is 0 Å². The molecule has 0 atom stereocenters. The summed E-state index contributed by atoms with van der Waals surface area (Å²) in [7, 11) is 4.55. The standard InChI is InChI=1S/C23H20N2O5S/c1-5-10-25-21(13-11-15(28-2)20(30-4)16(12-13)29-3)24-22-18(23(25)27)19(26)14-8-6-7-9-17(14)31-22/h5-9,11-12H,1,10H2,2-4H3. The van der Waals surface area contributed by atoms with Crippen molar-refractivity contribution in [2.45, 2.75) is 6.54 Å². The van der Waals surface area contributed by atoms with E-state index in [0.717, 1.165) is 4.70 Å². The van der Waals surface area contributed by atoms with E-state index >= 15 is 0 Å². The van der Waals surface area contributed by atoms with Crippen molar-refractivity contribution in [3.05, 3.63) is 69.6 Å². The van der Waals surface area contributed by atoms with E-state index in [1.165, 1.54) is 37.2 Å². The van der Waals surface area contributed by atoms with Gasteiger partial charge in [0, 0.05) is 22.2 Å². The zero-order valence-corrected chi connectivity index (χ0v) is 18.1. The van der Waals surface area contributed by atoms with Crippen LogP contribution in [0.3, 0.4) is 0 Å². The summed E-state index contributed by atoms with van der Waals surface area (Å²) >= 11 is 1.31. The minimum atomic E-state index is -0.416. The topological polar surface area (TPSA) is 79.7 Å². The molecule has 2 heterocycles. The highest BCUT2D eigenvalue weighted by atomic mass is 32.1. The number of hydrogen-bond acceptors (Lipinski definition) is 7. The summed E-state index contributed by atoms with van der Waals surface area (Å²) < 4.78 is 18.5. The number of nitrogens with zero attached hydrogens (tertiary/aromatic N) is 2. The number of rotatable bonds is 6. The summed E-state index contributed by atoms with van der Waals surface area (Å²) in [5.41, 5.74) is -0.153. The molecule has 0 aliphatic heterocycles. The van der Waals surface area contributed by atoms with Gasteiger partial charge in [-0.05, 0) is 24.3 Å². The molecule has 0 aliphatic rings. The molecule has 0 bridgehead atoms. The van der Waals surface area contributed by atoms with Gasteiger partial charge in [0.15, 0.2) is 11.5 Å². The number of benzene rings is 2. The van der Waals surface area contributed by atoms with E-state index in [-0.39, 0.29) is 17.4 Å². The predicted molar refractivity (Wildman–Crippen MR) is 123 cm³/mol. The second kappa shape index (κ2) is 8.23. The van der Waals surface area contributed by atoms with E-state index in [4.69, 9.17) is 19.2 Å². The highest BCUT2D eigenvalue weighted by Gasteiger charge is 2.20. The molecule has 0 unspecified atom stereocenters. The Balaban J connectivity index is 2.12. The van der Waals surface area contributed by atoms with Crippen molar-refractivity contribution >= 4 is 31.6 Å². The van der Waals surface area contributed by atoms with Crippen molar-refractivity contribution in [1.82, 2.24) is 9.55 Å². The molecule has 2 aromatic carbocycles. The minimum absolute atomic E-state index is 0.0711. The highest BCUT2D eigenvalue weighted by Crippen LogP contribution is 2.41. The van der Waals surface area contributed by atoms with Crippen molar-refractivity contribution in [2.24, 2.45) is 0 Å². The maximum Gasteiger partial charge on any atom is 0.266 e. The van der Waals surface area contributed by atoms with Crippen LogP contribution in [-0.4, -0.2) is 30.9 Å². The fourth-order valence-electron chi connectivity index (χ4n) is 3.51. The normalized spacial score (nSPS) is 10.9. The Morgan fingerprint density at radius 2 is 1.74 bits per heavy atom. The maximum atomic E-state index is 13.4. The lowest BCUT2D eigenvalue weighted by Gasteiger charge is -2.16. The summed E-state index contributed by atoms with van der Waals surface area (Å²) in [6, 6.07) is 10.6. The zero-order valence-electron chi connectivity index (χ0n) is 17.3. The van der Waals surface area contributed by atoms with Gasteiger partial charge in [-0.15, -0.1) is 17.9 Å². The van der Waals surface area contributed by atoms with Gasteiger partial charge in [-0.2, -0.15) is 0 Å². The first-order valence-electron chi connectivity index (χ1n) is 9.41. The lowest BCUT2D eigenvalue weighted by Crippen LogP contribution is -2.26. The highest BCUT2D eigenvalue weighted by molar-refractivity contribution is 7.24. The molecule has 0 fully saturated rings. The van der Waals surface area contributed by atoms with Crippen molar-refractivity contribution in [3.8, 4) is 28.6 Å². The van der Waals surface area contributed by atoms with Crippen LogP contribution in [0.25, 0.3) is 31.7 Å². The molecular weight excluding hydrogens is 416 g/mol. The Kier molecular flexibility index (Phi) is 5.48. The van der Waals surface area contributed by atoms with Crippen molar-refractivity contribution in [1.29, 1.82) is 0 Å². The molecule has 158 valence electrons. The Bertz CT molecular complexity index is 1410. The fraction of sp³-hybridized carbons (Fsp3) is 0.174. The number of aromatic nitrogens is 2. The zero-order chi connectivity index (χ0) is 22.1. The van der Waals surface area contributed by atoms with E-state index in [1.54, 1.807) is 30.3 Å². The maximum absolute atomic E-state index is 13.4. The van der Waals surface area contributed by atoms with Gasteiger partial charge in [-0.3, -0.25) is 14.2 Å². The predicted octanol–water partition coefficient (Wildman–Crippen LogP) is 3.85. The Labute approximate surface area is 181 Å². The number of methoxy groups -OCH3 is 3. The van der Waals surface area contributed by atoms with Gasteiger partial charge in [0.1, 0.15) is 16.0 Å². The van der Waals surface area contributed by atoms with Crippen LogP contribution in [0.15, 0.2) is 58.6 Å².